The zero-order valence-electron chi connectivity index (χ0n) is 8.65. The standard InChI is InChI=1S/C10H12N2O3S/c1-11-4-7(14)5-2-3-6(13)8-9(5)16-10(15)12-8/h2-3,7,11,13-14H,4H2,1H3,(H,12,15)/t7-/m0/s1. The lowest BCUT2D eigenvalue weighted by molar-refractivity contribution is 0.179. The molecule has 1 aromatic carbocycles. The van der Waals surface area contributed by atoms with E-state index in [1.807, 2.05) is 0 Å². The van der Waals surface area contributed by atoms with Gasteiger partial charge in [0.1, 0.15) is 11.3 Å². The Morgan fingerprint density at radius 3 is 3.00 bits per heavy atom. The van der Waals surface area contributed by atoms with Crippen LogP contribution < -0.4 is 10.2 Å². The van der Waals surface area contributed by atoms with Crippen LogP contribution in [0.1, 0.15) is 11.7 Å². The van der Waals surface area contributed by atoms with Gasteiger partial charge in [-0.15, -0.1) is 0 Å². The van der Waals surface area contributed by atoms with E-state index in [2.05, 4.69) is 10.3 Å². The molecule has 0 radical (unpaired) electrons. The molecular weight excluding hydrogens is 228 g/mol. The second-order valence-electron chi connectivity index (χ2n) is 3.47. The Morgan fingerprint density at radius 2 is 2.31 bits per heavy atom. The number of hydrogen-bond donors (Lipinski definition) is 4. The average Bonchev–Trinajstić information content (AvgIpc) is 2.61. The van der Waals surface area contributed by atoms with Gasteiger partial charge in [0.05, 0.1) is 10.8 Å². The van der Waals surface area contributed by atoms with Crippen molar-refractivity contribution in [3.63, 3.8) is 0 Å². The Hall–Kier alpha value is -1.37. The maximum atomic E-state index is 11.2. The number of benzene rings is 1. The Labute approximate surface area is 95.4 Å². The van der Waals surface area contributed by atoms with E-state index in [9.17, 15) is 15.0 Å². The molecule has 0 saturated carbocycles. The van der Waals surface area contributed by atoms with Crippen molar-refractivity contribution in [3.05, 3.63) is 27.4 Å². The first kappa shape index (κ1) is 11.1. The van der Waals surface area contributed by atoms with Crippen molar-refractivity contribution >= 4 is 21.6 Å². The van der Waals surface area contributed by atoms with Gasteiger partial charge in [-0.1, -0.05) is 17.4 Å². The number of likely N-dealkylation sites (N-methyl/N-ethyl adjacent to an activating group) is 1. The van der Waals surface area contributed by atoms with E-state index in [4.69, 9.17) is 0 Å². The number of thiazole rings is 1. The minimum atomic E-state index is -0.695. The van der Waals surface area contributed by atoms with Crippen LogP contribution in [0.2, 0.25) is 0 Å². The maximum absolute atomic E-state index is 11.2. The van der Waals surface area contributed by atoms with Gasteiger partial charge in [0, 0.05) is 12.1 Å². The van der Waals surface area contributed by atoms with Crippen molar-refractivity contribution in [1.82, 2.24) is 10.3 Å². The molecular formula is C10H12N2O3S. The summed E-state index contributed by atoms with van der Waals surface area (Å²) in [6.07, 6.45) is -0.695. The van der Waals surface area contributed by atoms with Crippen molar-refractivity contribution in [3.8, 4) is 5.75 Å². The second-order valence-corrected chi connectivity index (χ2v) is 4.45. The van der Waals surface area contributed by atoms with Gasteiger partial charge in [0.2, 0.25) is 0 Å². The molecule has 1 heterocycles. The summed E-state index contributed by atoms with van der Waals surface area (Å²) in [5.74, 6) is 0.0220. The molecule has 1 atom stereocenters. The van der Waals surface area contributed by atoms with E-state index in [0.717, 1.165) is 11.3 Å². The number of aromatic amines is 1. The minimum Gasteiger partial charge on any atom is -0.506 e. The highest BCUT2D eigenvalue weighted by atomic mass is 32.1. The predicted molar refractivity (Wildman–Crippen MR) is 63.0 cm³/mol. The van der Waals surface area contributed by atoms with Crippen molar-refractivity contribution in [1.29, 1.82) is 0 Å². The summed E-state index contributed by atoms with van der Waals surface area (Å²) in [5.41, 5.74) is 1.04. The van der Waals surface area contributed by atoms with Crippen LogP contribution in [-0.4, -0.2) is 28.8 Å². The highest BCUT2D eigenvalue weighted by Crippen LogP contribution is 2.30. The molecule has 86 valence electrons. The monoisotopic (exact) mass is 240 g/mol. The number of rotatable bonds is 3. The van der Waals surface area contributed by atoms with E-state index in [0.29, 0.717) is 22.3 Å². The van der Waals surface area contributed by atoms with Crippen molar-refractivity contribution < 1.29 is 10.2 Å². The zero-order valence-corrected chi connectivity index (χ0v) is 9.47. The SMILES string of the molecule is CNC[C@H](O)c1ccc(O)c2[nH]c(=O)sc12. The third kappa shape index (κ3) is 1.82. The van der Waals surface area contributed by atoms with Crippen LogP contribution in [0.25, 0.3) is 10.2 Å². The molecule has 0 fully saturated rings. The summed E-state index contributed by atoms with van der Waals surface area (Å²) in [7, 11) is 1.74. The highest BCUT2D eigenvalue weighted by Gasteiger charge is 2.15. The van der Waals surface area contributed by atoms with Crippen LogP contribution >= 0.6 is 11.3 Å². The number of phenolic OH excluding ortho intramolecular Hbond substituents is 1. The summed E-state index contributed by atoms with van der Waals surface area (Å²) >= 11 is 0.988. The van der Waals surface area contributed by atoms with Crippen molar-refractivity contribution in [2.75, 3.05) is 13.6 Å². The Bertz CT molecular complexity index is 561. The number of H-pyrrole nitrogens is 1. The van der Waals surface area contributed by atoms with Crippen LogP contribution in [0.4, 0.5) is 0 Å². The minimum absolute atomic E-state index is 0.0220. The predicted octanol–water partition coefficient (Wildman–Crippen LogP) is 0.548. The smallest absolute Gasteiger partial charge is 0.305 e. The molecule has 16 heavy (non-hydrogen) atoms. The second kappa shape index (κ2) is 4.25. The summed E-state index contributed by atoms with van der Waals surface area (Å²) in [6.45, 7) is 0.395. The summed E-state index contributed by atoms with van der Waals surface area (Å²) in [5, 5.41) is 22.3. The molecule has 5 nitrogen and oxygen atoms in total. The highest BCUT2D eigenvalue weighted by molar-refractivity contribution is 7.16. The van der Waals surface area contributed by atoms with Gasteiger partial charge in [-0.25, -0.2) is 0 Å². The van der Waals surface area contributed by atoms with E-state index >= 15 is 0 Å². The molecule has 6 heteroatoms. The van der Waals surface area contributed by atoms with Crippen molar-refractivity contribution in [2.45, 2.75) is 6.10 Å². The van der Waals surface area contributed by atoms with Crippen LogP contribution in [-0.2, 0) is 0 Å². The molecule has 0 spiro atoms. The molecule has 4 N–H and O–H groups in total. The van der Waals surface area contributed by atoms with E-state index in [1.54, 1.807) is 13.1 Å². The number of aliphatic hydroxyl groups excluding tert-OH is 1. The van der Waals surface area contributed by atoms with Gasteiger partial charge in [-0.3, -0.25) is 4.79 Å². The fourth-order valence-electron chi connectivity index (χ4n) is 1.61. The molecule has 0 saturated heterocycles. The lowest BCUT2D eigenvalue weighted by Crippen LogP contribution is -2.16. The van der Waals surface area contributed by atoms with Gasteiger partial charge in [-0.2, -0.15) is 0 Å². The molecule has 0 bridgehead atoms. The van der Waals surface area contributed by atoms with Crippen LogP contribution in [0.15, 0.2) is 16.9 Å². The van der Waals surface area contributed by atoms with E-state index < -0.39 is 6.10 Å². The zero-order chi connectivity index (χ0) is 11.7. The van der Waals surface area contributed by atoms with Gasteiger partial charge in [0.15, 0.2) is 0 Å². The third-order valence-corrected chi connectivity index (χ3v) is 3.28. The van der Waals surface area contributed by atoms with Crippen LogP contribution in [0.5, 0.6) is 5.75 Å². The lowest BCUT2D eigenvalue weighted by Gasteiger charge is -2.11. The first-order valence-electron chi connectivity index (χ1n) is 4.81. The molecule has 0 unspecified atom stereocenters. The molecule has 2 aromatic rings. The van der Waals surface area contributed by atoms with Crippen molar-refractivity contribution in [2.24, 2.45) is 0 Å². The summed E-state index contributed by atoms with van der Waals surface area (Å²) in [4.78, 5) is 13.5. The summed E-state index contributed by atoms with van der Waals surface area (Å²) in [6, 6.07) is 3.10. The fraction of sp³-hybridized carbons (Fsp3) is 0.300. The number of aromatic hydroxyl groups is 1. The quantitative estimate of drug-likeness (QED) is 0.631. The normalized spacial score (nSPS) is 13.1. The summed E-state index contributed by atoms with van der Waals surface area (Å²) < 4.78 is 0.604. The first-order valence-corrected chi connectivity index (χ1v) is 5.62. The van der Waals surface area contributed by atoms with Gasteiger partial charge in [-0.05, 0) is 13.1 Å². The Morgan fingerprint density at radius 1 is 1.56 bits per heavy atom. The number of hydrogen-bond acceptors (Lipinski definition) is 5. The van der Waals surface area contributed by atoms with E-state index in [1.165, 1.54) is 6.07 Å². The van der Waals surface area contributed by atoms with Crippen LogP contribution in [0.3, 0.4) is 0 Å². The molecule has 0 amide bonds. The molecule has 0 aliphatic heterocycles. The number of fused-ring (bicyclic) bond motifs is 1. The Balaban J connectivity index is 2.62. The van der Waals surface area contributed by atoms with Gasteiger partial charge >= 0.3 is 4.87 Å². The molecule has 2 rings (SSSR count). The molecule has 1 aromatic heterocycles. The Kier molecular flexibility index (Phi) is 2.95. The topological polar surface area (TPSA) is 85.3 Å². The number of aliphatic hydroxyl groups is 1. The van der Waals surface area contributed by atoms with Gasteiger partial charge < -0.3 is 20.5 Å². The largest absolute Gasteiger partial charge is 0.506 e. The maximum Gasteiger partial charge on any atom is 0.305 e. The van der Waals surface area contributed by atoms with E-state index in [-0.39, 0.29) is 10.6 Å². The molecule has 0 aliphatic carbocycles. The fourth-order valence-corrected chi connectivity index (χ4v) is 2.52. The van der Waals surface area contributed by atoms with Gasteiger partial charge in [0.25, 0.3) is 0 Å². The van der Waals surface area contributed by atoms with Crippen LogP contribution in [0, 0.1) is 0 Å². The first-order chi connectivity index (χ1) is 7.63. The number of nitrogens with one attached hydrogen (secondary N) is 2. The number of aromatic nitrogens is 1. The number of phenols is 1. The average molecular weight is 240 g/mol. The molecule has 0 aliphatic rings. The lowest BCUT2D eigenvalue weighted by atomic mass is 10.1. The third-order valence-electron chi connectivity index (χ3n) is 2.34.